The lowest BCUT2D eigenvalue weighted by molar-refractivity contribution is 0.405. The molecule has 2 heterocycles. The molecular formula is C17H19N3O3S. The first-order valence-corrected chi connectivity index (χ1v) is 8.77. The largest absolute Gasteiger partial charge is 0.497 e. The van der Waals surface area contributed by atoms with E-state index in [0.717, 1.165) is 39.5 Å². The van der Waals surface area contributed by atoms with E-state index in [1.807, 2.05) is 38.1 Å². The molecule has 0 aliphatic heterocycles. The highest BCUT2D eigenvalue weighted by Gasteiger charge is 2.14. The van der Waals surface area contributed by atoms with E-state index in [4.69, 9.17) is 9.47 Å². The quantitative estimate of drug-likeness (QED) is 0.769. The van der Waals surface area contributed by atoms with E-state index < -0.39 is 10.8 Å². The Bertz CT molecular complexity index is 898. The Labute approximate surface area is 142 Å². The van der Waals surface area contributed by atoms with Gasteiger partial charge in [-0.05, 0) is 37.6 Å². The molecule has 0 saturated carbocycles. The van der Waals surface area contributed by atoms with E-state index >= 15 is 0 Å². The number of aromatic amines is 1. The number of aromatic nitrogens is 3. The second kappa shape index (κ2) is 6.60. The first kappa shape index (κ1) is 16.4. The third kappa shape index (κ3) is 3.12. The van der Waals surface area contributed by atoms with Crippen LogP contribution in [-0.4, -0.2) is 33.4 Å². The first-order chi connectivity index (χ1) is 11.5. The number of rotatable bonds is 5. The summed E-state index contributed by atoms with van der Waals surface area (Å²) in [6.45, 7) is 3.83. The number of H-pyrrole nitrogens is 1. The lowest BCUT2D eigenvalue weighted by Gasteiger charge is -2.09. The fourth-order valence-corrected chi connectivity index (χ4v) is 3.66. The van der Waals surface area contributed by atoms with Gasteiger partial charge in [-0.15, -0.1) is 0 Å². The number of hydrogen-bond acceptors (Lipinski definition) is 5. The molecule has 126 valence electrons. The summed E-state index contributed by atoms with van der Waals surface area (Å²) in [7, 11) is 1.92. The monoisotopic (exact) mass is 345 g/mol. The molecule has 3 rings (SSSR count). The smallest absolute Gasteiger partial charge is 0.197 e. The normalized spacial score (nSPS) is 12.3. The summed E-state index contributed by atoms with van der Waals surface area (Å²) in [6.07, 6.45) is 0. The number of hydrogen-bond donors (Lipinski definition) is 1. The Morgan fingerprint density at radius 2 is 1.92 bits per heavy atom. The standard InChI is InChI=1S/C17H19N3O3S/c1-10-7-12(18-11(2)16(10)23-4)9-24(21)17-19-14-6-5-13(22-3)8-15(14)20-17/h5-8H,9H2,1-4H3,(H,19,20). The van der Waals surface area contributed by atoms with Gasteiger partial charge in [0.2, 0.25) is 0 Å². The molecule has 0 aliphatic carbocycles. The number of imidazole rings is 1. The highest BCUT2D eigenvalue weighted by atomic mass is 32.2. The summed E-state index contributed by atoms with van der Waals surface area (Å²) in [5.41, 5.74) is 4.08. The number of methoxy groups -OCH3 is 2. The molecule has 24 heavy (non-hydrogen) atoms. The zero-order valence-electron chi connectivity index (χ0n) is 14.0. The van der Waals surface area contributed by atoms with Crippen molar-refractivity contribution >= 4 is 21.8 Å². The third-order valence-corrected chi connectivity index (χ3v) is 4.93. The molecule has 1 atom stereocenters. The van der Waals surface area contributed by atoms with Gasteiger partial charge in [0.25, 0.3) is 0 Å². The molecule has 1 unspecified atom stereocenters. The second-order valence-electron chi connectivity index (χ2n) is 5.46. The van der Waals surface area contributed by atoms with Gasteiger partial charge in [0, 0.05) is 6.07 Å². The van der Waals surface area contributed by atoms with Crippen LogP contribution in [0.3, 0.4) is 0 Å². The van der Waals surface area contributed by atoms with E-state index in [2.05, 4.69) is 15.0 Å². The predicted molar refractivity (Wildman–Crippen MR) is 93.0 cm³/mol. The van der Waals surface area contributed by atoms with Crippen molar-refractivity contribution in [3.63, 3.8) is 0 Å². The Balaban J connectivity index is 1.87. The van der Waals surface area contributed by atoms with Crippen LogP contribution >= 0.6 is 0 Å². The number of aryl methyl sites for hydroxylation is 2. The number of pyridine rings is 1. The second-order valence-corrected chi connectivity index (χ2v) is 6.83. The van der Waals surface area contributed by atoms with Crippen molar-refractivity contribution in [3.05, 3.63) is 41.2 Å². The number of nitrogens with zero attached hydrogens (tertiary/aromatic N) is 2. The van der Waals surface area contributed by atoms with Crippen LogP contribution in [0.1, 0.15) is 17.0 Å². The van der Waals surface area contributed by atoms with Crippen LogP contribution in [0.4, 0.5) is 0 Å². The Morgan fingerprint density at radius 3 is 2.58 bits per heavy atom. The molecule has 0 saturated heterocycles. The van der Waals surface area contributed by atoms with Crippen LogP contribution < -0.4 is 9.47 Å². The van der Waals surface area contributed by atoms with Crippen molar-refractivity contribution in [2.45, 2.75) is 24.8 Å². The van der Waals surface area contributed by atoms with Gasteiger partial charge in [-0.25, -0.2) is 4.98 Å². The molecule has 0 radical (unpaired) electrons. The highest BCUT2D eigenvalue weighted by Crippen LogP contribution is 2.24. The lowest BCUT2D eigenvalue weighted by atomic mass is 10.2. The summed E-state index contributed by atoms with van der Waals surface area (Å²) in [5.74, 6) is 1.79. The van der Waals surface area contributed by atoms with Crippen LogP contribution in [0, 0.1) is 13.8 Å². The lowest BCUT2D eigenvalue weighted by Crippen LogP contribution is -2.04. The summed E-state index contributed by atoms with van der Waals surface area (Å²) in [5, 5.41) is 0.436. The summed E-state index contributed by atoms with van der Waals surface area (Å²) >= 11 is 0. The van der Waals surface area contributed by atoms with Crippen LogP contribution in [0.2, 0.25) is 0 Å². The minimum atomic E-state index is -1.31. The maximum atomic E-state index is 12.6. The van der Waals surface area contributed by atoms with Gasteiger partial charge >= 0.3 is 0 Å². The molecular weight excluding hydrogens is 326 g/mol. The van der Waals surface area contributed by atoms with Gasteiger partial charge in [-0.2, -0.15) is 0 Å². The van der Waals surface area contributed by atoms with Crippen LogP contribution in [0.5, 0.6) is 11.5 Å². The van der Waals surface area contributed by atoms with E-state index in [9.17, 15) is 4.21 Å². The zero-order chi connectivity index (χ0) is 17.3. The van der Waals surface area contributed by atoms with E-state index in [1.54, 1.807) is 14.2 Å². The fourth-order valence-electron chi connectivity index (χ4n) is 2.68. The first-order valence-electron chi connectivity index (χ1n) is 7.45. The SMILES string of the molecule is COc1ccc2nc(S(=O)Cc3cc(C)c(OC)c(C)n3)[nH]c2c1. The Kier molecular flexibility index (Phi) is 4.53. The maximum Gasteiger partial charge on any atom is 0.197 e. The van der Waals surface area contributed by atoms with E-state index in [1.165, 1.54) is 0 Å². The van der Waals surface area contributed by atoms with E-state index in [-0.39, 0.29) is 0 Å². The van der Waals surface area contributed by atoms with Crippen molar-refractivity contribution in [1.82, 2.24) is 15.0 Å². The van der Waals surface area contributed by atoms with Gasteiger partial charge in [0.1, 0.15) is 11.5 Å². The topological polar surface area (TPSA) is 77.1 Å². The average Bonchev–Trinajstić information content (AvgIpc) is 2.97. The van der Waals surface area contributed by atoms with Gasteiger partial charge in [-0.3, -0.25) is 9.19 Å². The number of benzene rings is 1. The molecule has 2 aromatic heterocycles. The van der Waals surface area contributed by atoms with E-state index in [0.29, 0.717) is 10.9 Å². The highest BCUT2D eigenvalue weighted by molar-refractivity contribution is 7.84. The van der Waals surface area contributed by atoms with Crippen molar-refractivity contribution in [3.8, 4) is 11.5 Å². The van der Waals surface area contributed by atoms with Crippen molar-refractivity contribution in [2.24, 2.45) is 0 Å². The van der Waals surface area contributed by atoms with Gasteiger partial charge in [-0.1, -0.05) is 0 Å². The molecule has 3 aromatic rings. The minimum Gasteiger partial charge on any atom is -0.497 e. The number of fused-ring (bicyclic) bond motifs is 1. The van der Waals surface area contributed by atoms with Gasteiger partial charge < -0.3 is 14.5 Å². The molecule has 7 heteroatoms. The average molecular weight is 345 g/mol. The maximum absolute atomic E-state index is 12.6. The van der Waals surface area contributed by atoms with Crippen LogP contribution in [0.15, 0.2) is 29.4 Å². The van der Waals surface area contributed by atoms with Crippen molar-refractivity contribution < 1.29 is 13.7 Å². The van der Waals surface area contributed by atoms with Crippen LogP contribution in [0.25, 0.3) is 11.0 Å². The minimum absolute atomic E-state index is 0.294. The molecule has 0 bridgehead atoms. The molecule has 0 fully saturated rings. The molecule has 1 N–H and O–H groups in total. The Morgan fingerprint density at radius 1 is 1.12 bits per heavy atom. The Hall–Kier alpha value is -2.41. The molecule has 6 nitrogen and oxygen atoms in total. The summed E-state index contributed by atoms with van der Waals surface area (Å²) in [6, 6.07) is 7.40. The zero-order valence-corrected chi connectivity index (χ0v) is 14.9. The third-order valence-electron chi connectivity index (χ3n) is 3.75. The van der Waals surface area contributed by atoms with Crippen molar-refractivity contribution in [1.29, 1.82) is 0 Å². The van der Waals surface area contributed by atoms with Crippen LogP contribution in [-0.2, 0) is 16.6 Å². The molecule has 0 spiro atoms. The fraction of sp³-hybridized carbons (Fsp3) is 0.294. The number of ether oxygens (including phenoxy) is 2. The van der Waals surface area contributed by atoms with Gasteiger partial charge in [0.05, 0.1) is 53.2 Å². The molecule has 1 aromatic carbocycles. The summed E-state index contributed by atoms with van der Waals surface area (Å²) in [4.78, 5) is 12.0. The summed E-state index contributed by atoms with van der Waals surface area (Å²) < 4.78 is 23.1. The number of nitrogens with one attached hydrogen (secondary N) is 1. The predicted octanol–water partition coefficient (Wildman–Crippen LogP) is 2.90. The molecule has 0 amide bonds. The van der Waals surface area contributed by atoms with Crippen molar-refractivity contribution in [2.75, 3.05) is 14.2 Å². The molecule has 0 aliphatic rings. The van der Waals surface area contributed by atoms with Gasteiger partial charge in [0.15, 0.2) is 5.16 Å².